The molecule has 0 saturated heterocycles. The molecule has 0 heterocycles. The average molecular weight is 552 g/mol. The van der Waals surface area contributed by atoms with E-state index in [0.29, 0.717) is 69.4 Å². The minimum Gasteiger partial charge on any atom is -0.633 e. The van der Waals surface area contributed by atoms with E-state index in [9.17, 15) is 15.5 Å². The lowest BCUT2D eigenvalue weighted by Gasteiger charge is -2.41. The predicted molar refractivity (Wildman–Crippen MR) is 168 cm³/mol. The Bertz CT molecular complexity index is 1100. The van der Waals surface area contributed by atoms with E-state index in [1.807, 2.05) is 76.2 Å². The van der Waals surface area contributed by atoms with E-state index in [2.05, 4.69) is 21.3 Å². The third kappa shape index (κ3) is 8.65. The van der Waals surface area contributed by atoms with E-state index >= 15 is 0 Å². The fraction of sp³-hybridized carbons (Fsp3) is 0.400. The molecular formula is C30H45N7O3. The van der Waals surface area contributed by atoms with Crippen molar-refractivity contribution in [2.75, 3.05) is 79.4 Å². The number of likely N-dealkylation sites (N-methyl/N-ethyl adjacent to an activating group) is 2. The fourth-order valence-electron chi connectivity index (χ4n) is 4.35. The number of nitrogens with zero attached hydrogens (tertiary/aromatic N) is 2. The number of nitrogens with one attached hydrogen (secondary N) is 4. The van der Waals surface area contributed by atoms with Crippen LogP contribution < -0.4 is 27.0 Å². The maximum Gasteiger partial charge on any atom is 0.141 e. The van der Waals surface area contributed by atoms with Crippen LogP contribution in [0.1, 0.15) is 27.7 Å². The molecule has 3 rings (SSSR count). The fourth-order valence-corrected chi connectivity index (χ4v) is 4.35. The van der Waals surface area contributed by atoms with Crippen molar-refractivity contribution in [1.82, 2.24) is 0 Å². The minimum atomic E-state index is -0.207. The number of quaternary nitrogens is 2. The molecule has 0 aliphatic heterocycles. The molecule has 0 aromatic heterocycles. The number of anilines is 7. The van der Waals surface area contributed by atoms with Gasteiger partial charge in [0, 0.05) is 28.8 Å². The number of phenolic OH excluding ortho intramolecular Hbond substituents is 1. The van der Waals surface area contributed by atoms with Gasteiger partial charge in [-0.2, -0.15) is 0 Å². The quantitative estimate of drug-likeness (QED) is 0.0419. The molecule has 10 nitrogen and oxygen atoms in total. The lowest BCUT2D eigenvalue weighted by Crippen LogP contribution is -2.44. The molecule has 0 spiro atoms. The molecule has 0 aliphatic carbocycles. The first-order valence-corrected chi connectivity index (χ1v) is 14.1. The molecule has 0 radical (unpaired) electrons. The van der Waals surface area contributed by atoms with Gasteiger partial charge in [-0.25, -0.2) is 0 Å². The zero-order valence-electron chi connectivity index (χ0n) is 24.2. The summed E-state index contributed by atoms with van der Waals surface area (Å²) < 4.78 is -0.411. The number of nitrogen functional groups attached to an aromatic ring is 1. The smallest absolute Gasteiger partial charge is 0.141 e. The summed E-state index contributed by atoms with van der Waals surface area (Å²) in [4.78, 5) is 0. The third-order valence-corrected chi connectivity index (χ3v) is 7.50. The number of benzene rings is 3. The maximum atomic E-state index is 12.4. The second kappa shape index (κ2) is 14.1. The Hall–Kier alpha value is -3.70. The van der Waals surface area contributed by atoms with Crippen LogP contribution in [0.4, 0.5) is 39.8 Å². The van der Waals surface area contributed by atoms with Crippen LogP contribution in [-0.4, -0.2) is 66.8 Å². The number of hydrogen-bond donors (Lipinski definition) is 6. The van der Waals surface area contributed by atoms with Gasteiger partial charge in [0.15, 0.2) is 0 Å². The van der Waals surface area contributed by atoms with Crippen molar-refractivity contribution in [3.8, 4) is 5.75 Å². The van der Waals surface area contributed by atoms with Gasteiger partial charge in [0.1, 0.15) is 5.75 Å². The van der Waals surface area contributed by atoms with Crippen molar-refractivity contribution >= 4 is 39.8 Å². The summed E-state index contributed by atoms with van der Waals surface area (Å²) in [6.07, 6.45) is 0. The highest BCUT2D eigenvalue weighted by atomic mass is 16.5. The molecule has 40 heavy (non-hydrogen) atoms. The highest BCUT2D eigenvalue weighted by Crippen LogP contribution is 2.36. The molecule has 218 valence electrons. The zero-order chi connectivity index (χ0) is 29.2. The zero-order valence-corrected chi connectivity index (χ0v) is 24.2. The van der Waals surface area contributed by atoms with Gasteiger partial charge in [0.2, 0.25) is 0 Å². The Labute approximate surface area is 238 Å². The van der Waals surface area contributed by atoms with Gasteiger partial charge in [-0.15, -0.1) is 0 Å². The molecule has 7 N–H and O–H groups in total. The summed E-state index contributed by atoms with van der Waals surface area (Å²) in [5.74, 6) is 0.0421. The number of nitrogens with two attached hydrogens (primary N) is 1. The molecule has 0 amide bonds. The van der Waals surface area contributed by atoms with Gasteiger partial charge >= 0.3 is 0 Å². The monoisotopic (exact) mass is 551 g/mol. The van der Waals surface area contributed by atoms with Crippen molar-refractivity contribution in [3.05, 3.63) is 71.1 Å². The van der Waals surface area contributed by atoms with Crippen molar-refractivity contribution < 1.29 is 14.4 Å². The van der Waals surface area contributed by atoms with Crippen LogP contribution in [0.5, 0.6) is 5.75 Å². The molecule has 0 fully saturated rings. The van der Waals surface area contributed by atoms with E-state index in [1.165, 1.54) is 6.07 Å². The lowest BCUT2D eigenvalue weighted by atomic mass is 10.2. The van der Waals surface area contributed by atoms with E-state index < -0.39 is 0 Å². The molecule has 10 heteroatoms. The minimum absolute atomic E-state index is 0.0421. The van der Waals surface area contributed by atoms with Crippen molar-refractivity contribution in [1.29, 1.82) is 0 Å². The summed E-state index contributed by atoms with van der Waals surface area (Å²) in [5, 5.41) is 48.5. The van der Waals surface area contributed by atoms with E-state index in [1.54, 1.807) is 6.07 Å². The topological polar surface area (TPSA) is 140 Å². The van der Waals surface area contributed by atoms with Crippen molar-refractivity contribution in [2.24, 2.45) is 0 Å². The van der Waals surface area contributed by atoms with Gasteiger partial charge in [0.25, 0.3) is 0 Å². The molecule has 0 unspecified atom stereocenters. The van der Waals surface area contributed by atoms with Crippen LogP contribution in [0, 0.1) is 10.4 Å². The Kier molecular flexibility index (Phi) is 10.9. The van der Waals surface area contributed by atoms with Crippen LogP contribution in [0.25, 0.3) is 0 Å². The largest absolute Gasteiger partial charge is 0.633 e. The predicted octanol–water partition coefficient (Wildman–Crippen LogP) is 5.99. The van der Waals surface area contributed by atoms with Gasteiger partial charge in [-0.3, -0.25) is 0 Å². The first kappa shape index (κ1) is 30.8. The van der Waals surface area contributed by atoms with Crippen LogP contribution in [-0.2, 0) is 0 Å². The number of rotatable bonds is 16. The lowest BCUT2D eigenvalue weighted by molar-refractivity contribution is -0.875. The standard InChI is InChI=1S/C30H45N7O3/c1-5-36(39,6-2)19-17-32-23-9-13-25(14-10-23)34-28-22-29(30(38)21-27(28)31)35-26-15-11-24(12-16-26)33-18-20-37(40,7-3)8-4/h9-16,21-22,32-35,38H,5-8,17-20,31H2,1-4H3. The first-order valence-electron chi connectivity index (χ1n) is 14.1. The Morgan fingerprint density at radius 1 is 0.625 bits per heavy atom. The summed E-state index contributed by atoms with van der Waals surface area (Å²) in [7, 11) is 0. The summed E-state index contributed by atoms with van der Waals surface area (Å²) >= 11 is 0. The highest BCUT2D eigenvalue weighted by molar-refractivity contribution is 5.82. The normalized spacial score (nSPS) is 11.8. The van der Waals surface area contributed by atoms with Gasteiger partial charge in [-0.05, 0) is 82.3 Å². The highest BCUT2D eigenvalue weighted by Gasteiger charge is 2.12. The average Bonchev–Trinajstić information content (AvgIpc) is 2.97. The molecule has 3 aromatic carbocycles. The van der Waals surface area contributed by atoms with E-state index in [4.69, 9.17) is 5.73 Å². The SMILES string of the molecule is CC[N+]([O-])(CC)CCNc1ccc(Nc2cc(Nc3ccc(NCC[N+]([O-])(CC)CC)cc3)c(O)cc2N)cc1. The number of hydroxylamine groups is 6. The first-order chi connectivity index (χ1) is 19.1. The molecule has 0 saturated carbocycles. The summed E-state index contributed by atoms with van der Waals surface area (Å²) in [6.45, 7) is 12.2. The molecule has 0 bridgehead atoms. The maximum absolute atomic E-state index is 12.4. The van der Waals surface area contributed by atoms with Crippen LogP contribution in [0.15, 0.2) is 60.7 Å². The third-order valence-electron chi connectivity index (χ3n) is 7.50. The van der Waals surface area contributed by atoms with Crippen molar-refractivity contribution in [2.45, 2.75) is 27.7 Å². The molecular weight excluding hydrogens is 506 g/mol. The summed E-state index contributed by atoms with van der Waals surface area (Å²) in [6, 6.07) is 18.7. The van der Waals surface area contributed by atoms with Gasteiger partial charge in [0.05, 0.1) is 69.4 Å². The number of phenols is 1. The number of aromatic hydroxyl groups is 1. The van der Waals surface area contributed by atoms with Crippen LogP contribution in [0.3, 0.4) is 0 Å². The number of hydrogen-bond acceptors (Lipinski definition) is 8. The summed E-state index contributed by atoms with van der Waals surface area (Å²) in [5.41, 5.74) is 11.3. The van der Waals surface area contributed by atoms with Gasteiger partial charge in [-0.1, -0.05) is 0 Å². The van der Waals surface area contributed by atoms with Crippen molar-refractivity contribution in [3.63, 3.8) is 0 Å². The second-order valence-corrected chi connectivity index (χ2v) is 10.0. The van der Waals surface area contributed by atoms with E-state index in [0.717, 1.165) is 22.7 Å². The van der Waals surface area contributed by atoms with Crippen LogP contribution >= 0.6 is 0 Å². The van der Waals surface area contributed by atoms with Gasteiger partial charge < -0.3 is 51.8 Å². The van der Waals surface area contributed by atoms with Crippen LogP contribution in [0.2, 0.25) is 0 Å². The second-order valence-electron chi connectivity index (χ2n) is 10.0. The van der Waals surface area contributed by atoms with E-state index in [-0.39, 0.29) is 15.0 Å². The molecule has 3 aromatic rings. The Morgan fingerprint density at radius 2 is 1.00 bits per heavy atom. The molecule has 0 atom stereocenters. The molecule has 0 aliphatic rings. The Morgan fingerprint density at radius 3 is 1.40 bits per heavy atom. The Balaban J connectivity index is 1.59.